The number of aliphatic hydroxyl groups excluding tert-OH is 1. The van der Waals surface area contributed by atoms with Crippen LogP contribution in [0.4, 0.5) is 4.79 Å². The molecule has 1 atom stereocenters. The van der Waals surface area contributed by atoms with Crippen molar-refractivity contribution in [2.24, 2.45) is 5.41 Å². The molecule has 0 aliphatic heterocycles. The molecule has 0 spiro atoms. The second-order valence-corrected chi connectivity index (χ2v) is 5.40. The third-order valence-corrected chi connectivity index (χ3v) is 2.19. The van der Waals surface area contributed by atoms with Crippen LogP contribution in [0.2, 0.25) is 0 Å². The molecule has 1 amide bonds. The summed E-state index contributed by atoms with van der Waals surface area (Å²) >= 11 is 0. The summed E-state index contributed by atoms with van der Waals surface area (Å²) < 4.78 is 5.14. The van der Waals surface area contributed by atoms with Gasteiger partial charge in [-0.05, 0) is 33.8 Å². The topological polar surface area (TPSA) is 58.6 Å². The van der Waals surface area contributed by atoms with Gasteiger partial charge in [-0.2, -0.15) is 0 Å². The summed E-state index contributed by atoms with van der Waals surface area (Å²) in [5, 5.41) is 11.8. The van der Waals surface area contributed by atoms with Crippen LogP contribution in [0.1, 0.15) is 27.7 Å². The number of ether oxygens (including phenoxy) is 1. The third kappa shape index (κ3) is 4.64. The maximum atomic E-state index is 11.6. The number of carbonyl (C=O) groups is 1. The number of hydrogen-bond donors (Lipinski definition) is 2. The number of amides is 1. The van der Waals surface area contributed by atoms with E-state index < -0.39 is 17.1 Å². The highest BCUT2D eigenvalue weighted by Crippen LogP contribution is 2.18. The zero-order valence-corrected chi connectivity index (χ0v) is 11.2. The molecular weight excluding hydrogens is 230 g/mol. The van der Waals surface area contributed by atoms with E-state index in [1.165, 1.54) is 0 Å². The lowest BCUT2D eigenvalue weighted by molar-refractivity contribution is 0.0548. The molecule has 4 heteroatoms. The molecule has 98 valence electrons. The van der Waals surface area contributed by atoms with Crippen LogP contribution in [0.25, 0.3) is 0 Å². The minimum atomic E-state index is -0.576. The summed E-state index contributed by atoms with van der Waals surface area (Å²) in [5.41, 5.74) is -0.563. The van der Waals surface area contributed by atoms with Gasteiger partial charge in [-0.1, -0.05) is 17.9 Å². The number of alkyl carbamates (subject to hydrolysis) is 1. The Morgan fingerprint density at radius 3 is 2.78 bits per heavy atom. The summed E-state index contributed by atoms with van der Waals surface area (Å²) in [6.07, 6.45) is 4.53. The monoisotopic (exact) mass is 249 g/mol. The van der Waals surface area contributed by atoms with E-state index in [4.69, 9.17) is 4.74 Å². The first-order valence-electron chi connectivity index (χ1n) is 5.77. The lowest BCUT2D eigenvalue weighted by Gasteiger charge is -2.20. The number of rotatable bonds is 2. The van der Waals surface area contributed by atoms with E-state index in [2.05, 4.69) is 17.2 Å². The number of allylic oxidation sites excluding steroid dienone is 2. The predicted molar refractivity (Wildman–Crippen MR) is 69.6 cm³/mol. The standard InChI is InChI=1S/C14H19NO3/c1-13(2,3)18-12(17)15-11-6-5-8-14(4,10-16)9-7-11/h6-7,9,16H,10H2,1-4H3,(H,15,17). The van der Waals surface area contributed by atoms with Crippen molar-refractivity contribution in [3.63, 3.8) is 0 Å². The second-order valence-electron chi connectivity index (χ2n) is 5.40. The van der Waals surface area contributed by atoms with E-state index in [0.717, 1.165) is 0 Å². The van der Waals surface area contributed by atoms with Crippen molar-refractivity contribution < 1.29 is 14.6 Å². The van der Waals surface area contributed by atoms with Gasteiger partial charge in [0.2, 0.25) is 0 Å². The van der Waals surface area contributed by atoms with Crippen LogP contribution in [0.3, 0.4) is 0 Å². The fourth-order valence-electron chi connectivity index (χ4n) is 1.23. The van der Waals surface area contributed by atoms with E-state index in [1.807, 2.05) is 6.92 Å². The highest BCUT2D eigenvalue weighted by atomic mass is 16.6. The Morgan fingerprint density at radius 2 is 2.22 bits per heavy atom. The minimum absolute atomic E-state index is 0.0654. The molecule has 1 rings (SSSR count). The van der Waals surface area contributed by atoms with Gasteiger partial charge in [-0.15, -0.1) is 0 Å². The molecule has 0 heterocycles. The molecule has 0 aromatic carbocycles. The molecule has 2 N–H and O–H groups in total. The minimum Gasteiger partial charge on any atom is -0.444 e. The van der Waals surface area contributed by atoms with E-state index in [0.29, 0.717) is 5.70 Å². The summed E-state index contributed by atoms with van der Waals surface area (Å²) in [6, 6.07) is 0. The Kier molecular flexibility index (Phi) is 4.20. The maximum Gasteiger partial charge on any atom is 0.412 e. The normalized spacial score (nSPS) is 22.4. The lowest BCUT2D eigenvalue weighted by atomic mass is 9.93. The van der Waals surface area contributed by atoms with Crippen LogP contribution in [0, 0.1) is 17.3 Å². The highest BCUT2D eigenvalue weighted by molar-refractivity contribution is 5.71. The Hall–Kier alpha value is -1.73. The van der Waals surface area contributed by atoms with Gasteiger partial charge in [-0.25, -0.2) is 4.79 Å². The van der Waals surface area contributed by atoms with Crippen molar-refractivity contribution >= 4 is 6.09 Å². The van der Waals surface area contributed by atoms with Crippen molar-refractivity contribution in [2.75, 3.05) is 6.61 Å². The van der Waals surface area contributed by atoms with Crippen molar-refractivity contribution in [1.29, 1.82) is 0 Å². The number of carbonyl (C=O) groups excluding carboxylic acids is 1. The Morgan fingerprint density at radius 1 is 1.56 bits per heavy atom. The van der Waals surface area contributed by atoms with Crippen LogP contribution in [0.5, 0.6) is 0 Å². The zero-order valence-electron chi connectivity index (χ0n) is 11.2. The molecule has 0 aromatic heterocycles. The van der Waals surface area contributed by atoms with Crippen LogP contribution in [-0.4, -0.2) is 23.4 Å². The molecule has 1 unspecified atom stereocenters. The third-order valence-electron chi connectivity index (χ3n) is 2.19. The molecule has 0 radical (unpaired) electrons. The lowest BCUT2D eigenvalue weighted by Crippen LogP contribution is -2.31. The molecule has 0 fully saturated rings. The fourth-order valence-corrected chi connectivity index (χ4v) is 1.23. The van der Waals surface area contributed by atoms with Crippen molar-refractivity contribution in [2.45, 2.75) is 33.3 Å². The first kappa shape index (κ1) is 14.3. The Bertz CT molecular complexity index is 446. The Balaban J connectivity index is 2.67. The Labute approximate surface area is 108 Å². The van der Waals surface area contributed by atoms with E-state index in [9.17, 15) is 9.90 Å². The van der Waals surface area contributed by atoms with E-state index >= 15 is 0 Å². The van der Waals surface area contributed by atoms with Crippen molar-refractivity contribution in [3.8, 4) is 11.8 Å². The zero-order chi connectivity index (χ0) is 13.8. The molecular formula is C14H19NO3. The average Bonchev–Trinajstić information content (AvgIpc) is 2.39. The molecule has 4 nitrogen and oxygen atoms in total. The summed E-state index contributed by atoms with van der Waals surface area (Å²) in [7, 11) is 0. The first-order chi connectivity index (χ1) is 8.24. The van der Waals surface area contributed by atoms with Crippen LogP contribution >= 0.6 is 0 Å². The van der Waals surface area contributed by atoms with Gasteiger partial charge < -0.3 is 9.84 Å². The fraction of sp³-hybridized carbons (Fsp3) is 0.500. The van der Waals surface area contributed by atoms with Gasteiger partial charge >= 0.3 is 6.09 Å². The van der Waals surface area contributed by atoms with Gasteiger partial charge in [0.1, 0.15) is 5.60 Å². The van der Waals surface area contributed by atoms with Gasteiger partial charge in [0, 0.05) is 6.08 Å². The van der Waals surface area contributed by atoms with Gasteiger partial charge in [0.15, 0.2) is 0 Å². The van der Waals surface area contributed by atoms with E-state index in [1.54, 1.807) is 39.0 Å². The second kappa shape index (κ2) is 5.28. The first-order valence-corrected chi connectivity index (χ1v) is 5.77. The molecule has 0 aromatic rings. The van der Waals surface area contributed by atoms with Gasteiger partial charge in [0.05, 0.1) is 17.7 Å². The quantitative estimate of drug-likeness (QED) is 0.736. The smallest absolute Gasteiger partial charge is 0.412 e. The van der Waals surface area contributed by atoms with E-state index in [-0.39, 0.29) is 6.61 Å². The van der Waals surface area contributed by atoms with Crippen molar-refractivity contribution in [1.82, 2.24) is 5.32 Å². The largest absolute Gasteiger partial charge is 0.444 e. The molecule has 18 heavy (non-hydrogen) atoms. The van der Waals surface area contributed by atoms with Gasteiger partial charge in [0.25, 0.3) is 0 Å². The predicted octanol–water partition coefficient (Wildman–Crippen LogP) is 1.97. The molecule has 0 bridgehead atoms. The molecule has 0 saturated carbocycles. The summed E-state index contributed by atoms with van der Waals surface area (Å²) in [6.45, 7) is 7.15. The highest BCUT2D eigenvalue weighted by Gasteiger charge is 2.19. The average molecular weight is 249 g/mol. The molecule has 0 saturated heterocycles. The summed E-state index contributed by atoms with van der Waals surface area (Å²) in [4.78, 5) is 11.6. The number of aliphatic hydroxyl groups is 1. The number of nitrogens with one attached hydrogen (secondary N) is 1. The number of hydrogen-bond acceptors (Lipinski definition) is 3. The summed E-state index contributed by atoms with van der Waals surface area (Å²) in [5.74, 6) is 5.71. The molecule has 1 aliphatic rings. The van der Waals surface area contributed by atoms with Crippen LogP contribution < -0.4 is 5.32 Å². The molecule has 1 aliphatic carbocycles. The maximum absolute atomic E-state index is 11.6. The van der Waals surface area contributed by atoms with Crippen LogP contribution in [-0.2, 0) is 4.74 Å². The van der Waals surface area contributed by atoms with Crippen LogP contribution in [0.15, 0.2) is 23.9 Å². The van der Waals surface area contributed by atoms with Gasteiger partial charge in [-0.3, -0.25) is 5.32 Å². The SMILES string of the molecule is CC1(CO)C#CC=C(NC(=O)OC(C)(C)C)C=C1. The van der Waals surface area contributed by atoms with Crippen molar-refractivity contribution in [3.05, 3.63) is 23.9 Å².